The predicted molar refractivity (Wildman–Crippen MR) is 259 cm³/mol. The van der Waals surface area contributed by atoms with Crippen molar-refractivity contribution in [1.82, 2.24) is 42.5 Å². The Kier molecular flexibility index (Phi) is 28.0. The summed E-state index contributed by atoms with van der Waals surface area (Å²) in [7, 11) is 0. The van der Waals surface area contributed by atoms with Crippen molar-refractivity contribution in [1.29, 1.82) is 0 Å². The Labute approximate surface area is 401 Å². The number of amides is 9. The summed E-state index contributed by atoms with van der Waals surface area (Å²) in [5, 5.41) is 20.7. The molecule has 0 saturated carbocycles. The first kappa shape index (κ1) is 59.3. The molecule has 1 aromatic rings. The SMILES string of the molecule is CC(C)CC(NC(=O)C(Cc1ccccc1)NC(=O)CNC(=O)CN)C(=O)NC(CCCN=C(N)N)C(=O)NC(CCCN=C(N)N)C(=O)NC(C(=O)NC(CS)C(=O)NCCC(N)=O)C(C)C. The van der Waals surface area contributed by atoms with Gasteiger partial charge in [-0.25, -0.2) is 0 Å². The summed E-state index contributed by atoms with van der Waals surface area (Å²) in [5.74, 6) is -7.66. The molecule has 0 aliphatic heterocycles. The fourth-order valence-electron chi connectivity index (χ4n) is 6.30. The summed E-state index contributed by atoms with van der Waals surface area (Å²) < 4.78 is 0. The van der Waals surface area contributed by atoms with Crippen LogP contribution in [0.3, 0.4) is 0 Å². The van der Waals surface area contributed by atoms with Gasteiger partial charge in [0.25, 0.3) is 0 Å². The van der Waals surface area contributed by atoms with E-state index in [1.165, 1.54) is 0 Å². The standard InChI is InChI=1S/C42H72N16O9S/c1-23(2)18-28(56-39(66)29(19-25-10-6-5-7-11-25)53-33(61)21-52-32(60)20-43)38(65)55-26(12-8-15-50-41(45)46)36(63)54-27(13-9-16-51-42(47)48)37(64)58-34(24(3)4)40(67)57-30(22-68)35(62)49-17-14-31(44)59/h5-7,10-11,23-24,26-30,34,68H,8-9,12-22,43H2,1-4H3,(H2,44,59)(H,49,62)(H,52,60)(H,53,61)(H,54,63)(H,55,65)(H,56,66)(H,57,67)(H,58,64)(H4,45,46,50)(H4,47,48,51). The number of aliphatic imine (C=N–C) groups is 2. The van der Waals surface area contributed by atoms with Gasteiger partial charge >= 0.3 is 0 Å². The van der Waals surface area contributed by atoms with Gasteiger partial charge in [0.05, 0.1) is 13.1 Å². The topological polar surface area (TPSA) is 431 Å². The van der Waals surface area contributed by atoms with E-state index in [9.17, 15) is 43.2 Å². The number of carbonyl (C=O) groups is 9. The van der Waals surface area contributed by atoms with Crippen LogP contribution in [0.25, 0.3) is 0 Å². The molecule has 0 aromatic heterocycles. The van der Waals surface area contributed by atoms with Crippen LogP contribution in [0, 0.1) is 11.8 Å². The molecule has 1 aromatic carbocycles. The van der Waals surface area contributed by atoms with Crippen LogP contribution in [0.15, 0.2) is 40.3 Å². The highest BCUT2D eigenvalue weighted by Gasteiger charge is 2.34. The third kappa shape index (κ3) is 24.7. The second-order valence-electron chi connectivity index (χ2n) is 16.5. The number of primary amides is 1. The first-order valence-corrected chi connectivity index (χ1v) is 22.8. The van der Waals surface area contributed by atoms with E-state index in [0.717, 1.165) is 0 Å². The van der Waals surface area contributed by atoms with Crippen molar-refractivity contribution in [3.05, 3.63) is 35.9 Å². The van der Waals surface area contributed by atoms with Crippen molar-refractivity contribution in [2.24, 2.45) is 56.2 Å². The third-order valence-corrected chi connectivity index (χ3v) is 10.2. The highest BCUT2D eigenvalue weighted by atomic mass is 32.1. The molecule has 26 heteroatoms. The first-order chi connectivity index (χ1) is 32.1. The van der Waals surface area contributed by atoms with E-state index in [2.05, 4.69) is 65.1 Å². The second-order valence-corrected chi connectivity index (χ2v) is 16.8. The lowest BCUT2D eigenvalue weighted by Gasteiger charge is -2.29. The highest BCUT2D eigenvalue weighted by molar-refractivity contribution is 7.80. The second kappa shape index (κ2) is 32.1. The normalized spacial score (nSPS) is 13.5. The Hall–Kier alpha value is -6.70. The van der Waals surface area contributed by atoms with Gasteiger partial charge in [0.2, 0.25) is 53.2 Å². The van der Waals surface area contributed by atoms with Crippen molar-refractivity contribution >= 4 is 77.7 Å². The predicted octanol–water partition coefficient (Wildman–Crippen LogP) is -5.06. The van der Waals surface area contributed by atoms with Gasteiger partial charge in [0.15, 0.2) is 11.9 Å². The zero-order chi connectivity index (χ0) is 51.3. The van der Waals surface area contributed by atoms with Crippen molar-refractivity contribution in [2.45, 2.75) is 109 Å². The summed E-state index contributed by atoms with van der Waals surface area (Å²) in [6, 6.07) is 1.28. The molecule has 1 rings (SSSR count). The van der Waals surface area contributed by atoms with Crippen molar-refractivity contribution < 1.29 is 43.2 Å². The maximum Gasteiger partial charge on any atom is 0.243 e. The van der Waals surface area contributed by atoms with Crippen LogP contribution in [-0.2, 0) is 49.6 Å². The maximum atomic E-state index is 14.2. The lowest BCUT2D eigenvalue weighted by molar-refractivity contribution is -0.136. The molecule has 0 saturated heterocycles. The quantitative estimate of drug-likeness (QED) is 0.0139. The Morgan fingerprint density at radius 1 is 0.588 bits per heavy atom. The molecule has 0 heterocycles. The van der Waals surface area contributed by atoms with Crippen LogP contribution in [-0.4, -0.2) is 140 Å². The Bertz CT molecular complexity index is 1900. The van der Waals surface area contributed by atoms with Crippen molar-refractivity contribution in [2.75, 3.05) is 38.5 Å². The van der Waals surface area contributed by atoms with Crippen molar-refractivity contribution in [3.63, 3.8) is 0 Å². The number of thiol groups is 1. The molecule has 68 heavy (non-hydrogen) atoms. The molecular weight excluding hydrogens is 905 g/mol. The highest BCUT2D eigenvalue weighted by Crippen LogP contribution is 2.11. The van der Waals surface area contributed by atoms with Crippen LogP contribution in [0.2, 0.25) is 0 Å². The monoisotopic (exact) mass is 977 g/mol. The number of nitrogens with one attached hydrogen (secondary N) is 8. The largest absolute Gasteiger partial charge is 0.370 e. The molecule has 0 spiro atoms. The van der Waals surface area contributed by atoms with E-state index in [0.29, 0.717) is 5.56 Å². The van der Waals surface area contributed by atoms with Gasteiger partial charge in [-0.1, -0.05) is 58.0 Å². The molecule has 25 nitrogen and oxygen atoms in total. The van der Waals surface area contributed by atoms with Gasteiger partial charge in [-0.05, 0) is 49.5 Å². The molecule has 20 N–H and O–H groups in total. The van der Waals surface area contributed by atoms with Crippen LogP contribution in [0.4, 0.5) is 0 Å². The van der Waals surface area contributed by atoms with Crippen LogP contribution >= 0.6 is 12.6 Å². The van der Waals surface area contributed by atoms with Gasteiger partial charge in [-0.15, -0.1) is 0 Å². The molecule has 380 valence electrons. The number of hydrogen-bond donors (Lipinski definition) is 15. The van der Waals surface area contributed by atoms with E-state index in [1.54, 1.807) is 44.2 Å². The van der Waals surface area contributed by atoms with Crippen LogP contribution < -0.4 is 76.9 Å². The summed E-state index contributed by atoms with van der Waals surface area (Å²) in [6.45, 7) is 6.15. The van der Waals surface area contributed by atoms with E-state index < -0.39 is 102 Å². The lowest BCUT2D eigenvalue weighted by Crippen LogP contribution is -2.60. The van der Waals surface area contributed by atoms with Crippen LogP contribution in [0.5, 0.6) is 0 Å². The van der Waals surface area contributed by atoms with E-state index >= 15 is 0 Å². The summed E-state index contributed by atoms with van der Waals surface area (Å²) in [4.78, 5) is 126. The van der Waals surface area contributed by atoms with Crippen molar-refractivity contribution in [3.8, 4) is 0 Å². The van der Waals surface area contributed by atoms with Crippen LogP contribution in [0.1, 0.15) is 71.8 Å². The zero-order valence-electron chi connectivity index (χ0n) is 39.2. The number of benzene rings is 1. The molecule has 0 aliphatic rings. The number of rotatable bonds is 32. The number of carbonyl (C=O) groups excluding carboxylic acids is 9. The van der Waals surface area contributed by atoms with E-state index in [-0.39, 0.29) is 94.7 Å². The minimum atomic E-state index is -1.34. The summed E-state index contributed by atoms with van der Waals surface area (Å²) >= 11 is 4.17. The molecule has 0 fully saturated rings. The number of hydrogen-bond acceptors (Lipinski definition) is 13. The van der Waals surface area contributed by atoms with Gasteiger partial charge in [-0.2, -0.15) is 12.6 Å². The molecule has 0 aliphatic carbocycles. The Balaban J connectivity index is 3.50. The number of guanidine groups is 2. The fourth-order valence-corrected chi connectivity index (χ4v) is 6.55. The van der Waals surface area contributed by atoms with Gasteiger partial charge < -0.3 is 76.9 Å². The average Bonchev–Trinajstić information content (AvgIpc) is 3.27. The molecule has 6 atom stereocenters. The molecular formula is C42H72N16O9S. The zero-order valence-corrected chi connectivity index (χ0v) is 40.1. The van der Waals surface area contributed by atoms with Gasteiger partial charge in [0.1, 0.15) is 36.3 Å². The third-order valence-electron chi connectivity index (χ3n) is 9.80. The summed E-state index contributed by atoms with van der Waals surface area (Å²) in [6.07, 6.45) is 0.222. The minimum absolute atomic E-state index is 0.0184. The lowest BCUT2D eigenvalue weighted by atomic mass is 10.00. The fraction of sp³-hybridized carbons (Fsp3) is 0.595. The number of nitrogens with two attached hydrogens (primary N) is 6. The maximum absolute atomic E-state index is 14.2. The van der Waals surface area contributed by atoms with E-state index in [1.807, 2.05) is 13.8 Å². The average molecular weight is 977 g/mol. The summed E-state index contributed by atoms with van der Waals surface area (Å²) in [5.41, 5.74) is 33.2. The molecule has 6 unspecified atom stereocenters. The molecule has 9 amide bonds. The Morgan fingerprint density at radius 3 is 1.57 bits per heavy atom. The molecule has 0 bridgehead atoms. The first-order valence-electron chi connectivity index (χ1n) is 22.2. The smallest absolute Gasteiger partial charge is 0.243 e. The Morgan fingerprint density at radius 2 is 1.09 bits per heavy atom. The van der Waals surface area contributed by atoms with Gasteiger partial charge in [0, 0.05) is 38.2 Å². The minimum Gasteiger partial charge on any atom is -0.370 e. The number of nitrogens with zero attached hydrogens (tertiary/aromatic N) is 2. The van der Waals surface area contributed by atoms with E-state index in [4.69, 9.17) is 34.4 Å². The molecule has 0 radical (unpaired) electrons. The van der Waals surface area contributed by atoms with Gasteiger partial charge in [-0.3, -0.25) is 53.1 Å².